The summed E-state index contributed by atoms with van der Waals surface area (Å²) >= 11 is 0. The van der Waals surface area contributed by atoms with Gasteiger partial charge in [0.15, 0.2) is 15.6 Å². The molecule has 4 aromatic carbocycles. The highest BCUT2D eigenvalue weighted by Gasteiger charge is 2.25. The molecule has 0 aromatic heterocycles. The predicted octanol–water partition coefficient (Wildman–Crippen LogP) is 3.24. The first-order valence-corrected chi connectivity index (χ1v) is 17.5. The second-order valence-electron chi connectivity index (χ2n) is 8.77. The Balaban J connectivity index is 1.85. The summed E-state index contributed by atoms with van der Waals surface area (Å²) in [5, 5.41) is 21.1. The number of phenols is 1. The minimum Gasteiger partial charge on any atom is -0.505 e. The van der Waals surface area contributed by atoms with Crippen molar-refractivity contribution in [1.29, 1.82) is 0 Å². The number of anilines is 1. The van der Waals surface area contributed by atoms with Gasteiger partial charge in [-0.3, -0.25) is 13.7 Å². The van der Waals surface area contributed by atoms with Crippen LogP contribution >= 0.6 is 0 Å². The van der Waals surface area contributed by atoms with E-state index in [1.54, 1.807) is 13.1 Å². The standard InChI is InChI=1S/C23H21N3O13S4/c1-24-15-3-5-17-14(10-15)12-20(41(30,31)32)21(22(17)27)26-25-19-7-2-13-11-16(4-6-18(13)23(19)42(33,34)35)40(28,29)9-8-39-43(36,37)38/h2-7,10-12,24,27H,8-9H2,1H3,(H,30,31,32)(H,33,34,35)(H,36,37,38). The van der Waals surface area contributed by atoms with Crippen molar-refractivity contribution in [2.75, 3.05) is 24.7 Å². The van der Waals surface area contributed by atoms with Crippen LogP contribution in [-0.2, 0) is 44.7 Å². The zero-order valence-electron chi connectivity index (χ0n) is 21.6. The normalized spacial score (nSPS) is 13.2. The van der Waals surface area contributed by atoms with Gasteiger partial charge in [0.05, 0.1) is 17.3 Å². The maximum Gasteiger partial charge on any atom is 0.397 e. The fourth-order valence-electron chi connectivity index (χ4n) is 4.08. The second kappa shape index (κ2) is 11.4. The quantitative estimate of drug-likeness (QED) is 0.119. The SMILES string of the molecule is CNc1ccc2c(O)c(N=Nc3ccc4cc(S(=O)(=O)CCOS(=O)(=O)O)ccc4c3S(=O)(=O)O)c(S(=O)(=O)O)cc2c1. The summed E-state index contributed by atoms with van der Waals surface area (Å²) in [5.41, 5.74) is -0.723. The second-order valence-corrected chi connectivity index (χ2v) is 14.7. The summed E-state index contributed by atoms with van der Waals surface area (Å²) in [5.74, 6) is -1.57. The highest BCUT2D eigenvalue weighted by atomic mass is 32.3. The first-order valence-electron chi connectivity index (χ1n) is 11.6. The molecular formula is C23H21N3O13S4. The van der Waals surface area contributed by atoms with Crippen molar-refractivity contribution in [2.45, 2.75) is 14.7 Å². The molecule has 0 spiro atoms. The molecule has 0 unspecified atom stereocenters. The van der Waals surface area contributed by atoms with Crippen LogP contribution < -0.4 is 5.32 Å². The number of azo groups is 1. The number of phenolic OH excluding ortho intramolecular Hbond substituents is 1. The smallest absolute Gasteiger partial charge is 0.397 e. The van der Waals surface area contributed by atoms with Gasteiger partial charge in [-0.1, -0.05) is 12.1 Å². The lowest BCUT2D eigenvalue weighted by molar-refractivity contribution is 0.284. The third-order valence-electron chi connectivity index (χ3n) is 6.00. The molecule has 0 saturated carbocycles. The van der Waals surface area contributed by atoms with E-state index in [9.17, 15) is 47.9 Å². The zero-order valence-corrected chi connectivity index (χ0v) is 24.9. The fourth-order valence-corrected chi connectivity index (χ4v) is 7.10. The molecule has 0 saturated heterocycles. The molecular weight excluding hydrogens is 655 g/mol. The summed E-state index contributed by atoms with van der Waals surface area (Å²) in [6.07, 6.45) is 0. The average Bonchev–Trinajstić information content (AvgIpc) is 2.89. The predicted molar refractivity (Wildman–Crippen MR) is 152 cm³/mol. The van der Waals surface area contributed by atoms with Crippen molar-refractivity contribution in [2.24, 2.45) is 10.2 Å². The van der Waals surface area contributed by atoms with Crippen molar-refractivity contribution in [1.82, 2.24) is 0 Å². The molecule has 0 aliphatic carbocycles. The van der Waals surface area contributed by atoms with Gasteiger partial charge in [-0.2, -0.15) is 25.3 Å². The van der Waals surface area contributed by atoms with Crippen molar-refractivity contribution in [3.05, 3.63) is 54.6 Å². The third-order valence-corrected chi connectivity index (χ3v) is 9.95. The monoisotopic (exact) mass is 675 g/mol. The number of nitrogens with zero attached hydrogens (tertiary/aromatic N) is 2. The summed E-state index contributed by atoms with van der Waals surface area (Å²) < 4.78 is 128. The number of nitrogens with one attached hydrogen (secondary N) is 1. The van der Waals surface area contributed by atoms with Crippen LogP contribution in [0.3, 0.4) is 0 Å². The van der Waals surface area contributed by atoms with E-state index in [0.29, 0.717) is 5.69 Å². The minimum atomic E-state index is -5.09. The highest BCUT2D eigenvalue weighted by Crippen LogP contribution is 2.43. The lowest BCUT2D eigenvalue weighted by Crippen LogP contribution is -2.15. The number of aromatic hydroxyl groups is 1. The van der Waals surface area contributed by atoms with Gasteiger partial charge in [-0.25, -0.2) is 12.6 Å². The molecule has 0 radical (unpaired) electrons. The van der Waals surface area contributed by atoms with Crippen molar-refractivity contribution < 1.29 is 56.6 Å². The Morgan fingerprint density at radius 2 is 1.44 bits per heavy atom. The Morgan fingerprint density at radius 3 is 2.05 bits per heavy atom. The summed E-state index contributed by atoms with van der Waals surface area (Å²) in [4.78, 5) is -2.08. The van der Waals surface area contributed by atoms with Gasteiger partial charge in [-0.15, -0.1) is 10.2 Å². The van der Waals surface area contributed by atoms with Crippen molar-refractivity contribution >= 4 is 79.1 Å². The van der Waals surface area contributed by atoms with Crippen molar-refractivity contribution in [3.63, 3.8) is 0 Å². The van der Waals surface area contributed by atoms with Crippen LogP contribution in [0.25, 0.3) is 21.5 Å². The average molecular weight is 676 g/mol. The molecule has 20 heteroatoms. The molecule has 0 aliphatic heterocycles. The maximum absolute atomic E-state index is 12.6. The molecule has 4 aromatic rings. The number of benzene rings is 4. The molecule has 0 heterocycles. The van der Waals surface area contributed by atoms with Gasteiger partial charge < -0.3 is 10.4 Å². The zero-order chi connectivity index (χ0) is 32.0. The molecule has 0 aliphatic rings. The number of rotatable bonds is 10. The van der Waals surface area contributed by atoms with E-state index in [1.165, 1.54) is 18.2 Å². The first kappa shape index (κ1) is 32.2. The van der Waals surface area contributed by atoms with Crippen LogP contribution in [0.15, 0.2) is 79.5 Å². The van der Waals surface area contributed by atoms with Gasteiger partial charge in [0, 0.05) is 23.5 Å². The topological polar surface area (TPSA) is 263 Å². The van der Waals surface area contributed by atoms with Gasteiger partial charge in [0.2, 0.25) is 0 Å². The number of hydrogen-bond donors (Lipinski definition) is 5. The Kier molecular flexibility index (Phi) is 8.52. The third kappa shape index (κ3) is 7.08. The van der Waals surface area contributed by atoms with Crippen LogP contribution in [0.1, 0.15) is 0 Å². The van der Waals surface area contributed by atoms with E-state index >= 15 is 0 Å². The lowest BCUT2D eigenvalue weighted by atomic mass is 10.1. The largest absolute Gasteiger partial charge is 0.505 e. The Morgan fingerprint density at radius 1 is 0.767 bits per heavy atom. The summed E-state index contributed by atoms with van der Waals surface area (Å²) in [7, 11) is -17.6. The maximum atomic E-state index is 12.6. The van der Waals surface area contributed by atoms with Gasteiger partial charge in [-0.05, 0) is 53.2 Å². The first-order chi connectivity index (χ1) is 19.8. The summed E-state index contributed by atoms with van der Waals surface area (Å²) in [6.45, 7) is -0.904. The van der Waals surface area contributed by atoms with Gasteiger partial charge in [0.1, 0.15) is 21.2 Å². The number of fused-ring (bicyclic) bond motifs is 2. The molecule has 43 heavy (non-hydrogen) atoms. The van der Waals surface area contributed by atoms with Crippen LogP contribution in [0.5, 0.6) is 5.75 Å². The van der Waals surface area contributed by atoms with Crippen LogP contribution in [0.2, 0.25) is 0 Å². The van der Waals surface area contributed by atoms with E-state index in [2.05, 4.69) is 19.7 Å². The van der Waals surface area contributed by atoms with Crippen LogP contribution in [-0.4, -0.2) is 71.8 Å². The van der Waals surface area contributed by atoms with E-state index in [0.717, 1.165) is 30.3 Å². The number of sulfone groups is 1. The molecule has 0 bridgehead atoms. The lowest BCUT2D eigenvalue weighted by Gasteiger charge is -2.11. The molecule has 0 atom stereocenters. The molecule has 0 amide bonds. The number of hydrogen-bond acceptors (Lipinski definition) is 13. The van der Waals surface area contributed by atoms with Gasteiger partial charge in [0.25, 0.3) is 20.2 Å². The Bertz CT molecular complexity index is 2250. The van der Waals surface area contributed by atoms with E-state index in [-0.39, 0.29) is 26.4 Å². The Hall–Kier alpha value is -3.76. The van der Waals surface area contributed by atoms with E-state index < -0.39 is 79.7 Å². The van der Waals surface area contributed by atoms with E-state index in [4.69, 9.17) is 4.55 Å². The molecule has 5 N–H and O–H groups in total. The molecule has 16 nitrogen and oxygen atoms in total. The highest BCUT2D eigenvalue weighted by molar-refractivity contribution is 7.91. The summed E-state index contributed by atoms with van der Waals surface area (Å²) in [6, 6.07) is 10.7. The minimum absolute atomic E-state index is 0.0316. The molecule has 0 fully saturated rings. The van der Waals surface area contributed by atoms with Crippen LogP contribution in [0.4, 0.5) is 17.1 Å². The van der Waals surface area contributed by atoms with Gasteiger partial charge >= 0.3 is 10.4 Å². The van der Waals surface area contributed by atoms with Crippen LogP contribution in [0, 0.1) is 0 Å². The Labute approximate surface area is 245 Å². The molecule has 230 valence electrons. The molecule has 4 rings (SSSR count). The van der Waals surface area contributed by atoms with E-state index in [1.807, 2.05) is 0 Å². The fraction of sp³-hybridized carbons (Fsp3) is 0.130. The van der Waals surface area contributed by atoms with Crippen molar-refractivity contribution in [3.8, 4) is 5.75 Å².